The molecule has 8 heteroatoms. The summed E-state index contributed by atoms with van der Waals surface area (Å²) in [6.45, 7) is 1.74. The predicted octanol–water partition coefficient (Wildman–Crippen LogP) is 1.06. The van der Waals surface area contributed by atoms with E-state index in [1.165, 1.54) is 24.3 Å². The van der Waals surface area contributed by atoms with Crippen LogP contribution >= 0.6 is 0 Å². The minimum atomic E-state index is -6.25. The van der Waals surface area contributed by atoms with Crippen LogP contribution < -0.4 is 0 Å². The van der Waals surface area contributed by atoms with E-state index in [1.54, 1.807) is 6.92 Å². The molecule has 0 atom stereocenters. The molecule has 0 heterocycles. The Balaban J connectivity index is 3.45. The molecule has 0 amide bonds. The van der Waals surface area contributed by atoms with E-state index in [0.717, 1.165) is 5.56 Å². The van der Waals surface area contributed by atoms with E-state index >= 15 is 0 Å². The van der Waals surface area contributed by atoms with Gasteiger partial charge in [0.05, 0.1) is 0 Å². The molecule has 6 nitrogen and oxygen atoms in total. The van der Waals surface area contributed by atoms with Crippen molar-refractivity contribution in [3.8, 4) is 0 Å². The third-order valence-electron chi connectivity index (χ3n) is 1.48. The number of benzene rings is 1. The Morgan fingerprint density at radius 1 is 1.07 bits per heavy atom. The fourth-order valence-electron chi connectivity index (χ4n) is 0.852. The maximum atomic E-state index is 11.2. The molecule has 0 saturated heterocycles. The molecule has 0 aromatic heterocycles. The SMILES string of the molecule is Cc1ccc(S(=O)(=O)[N]=[Os](=[O])(=[O])=[O])cc1. The summed E-state index contributed by atoms with van der Waals surface area (Å²) in [5, 5.41) is 0. The summed E-state index contributed by atoms with van der Waals surface area (Å²) >= 11 is -6.25. The molecule has 1 aromatic rings. The number of hydrogen-bond acceptors (Lipinski definition) is 5. The molecule has 1 aromatic carbocycles. The molecule has 0 aliphatic heterocycles. The van der Waals surface area contributed by atoms with Gasteiger partial charge >= 0.3 is 88.5 Å². The van der Waals surface area contributed by atoms with E-state index in [-0.39, 0.29) is 4.90 Å². The first-order valence-electron chi connectivity index (χ1n) is 3.63. The minimum absolute atomic E-state index is 0.299. The van der Waals surface area contributed by atoms with Crippen LogP contribution in [0.25, 0.3) is 0 Å². The summed E-state index contributed by atoms with van der Waals surface area (Å²) in [4.78, 5) is -0.299. The normalized spacial score (nSPS) is 12.3. The van der Waals surface area contributed by atoms with E-state index in [2.05, 4.69) is 3.05 Å². The van der Waals surface area contributed by atoms with Crippen LogP contribution in [-0.4, -0.2) is 8.42 Å². The number of aryl methyl sites for hydroxylation is 1. The van der Waals surface area contributed by atoms with Crippen LogP contribution in [0.15, 0.2) is 32.2 Å². The van der Waals surface area contributed by atoms with Crippen LogP contribution in [0.4, 0.5) is 0 Å². The monoisotopic (exact) mass is 409 g/mol. The summed E-state index contributed by atoms with van der Waals surface area (Å²) in [5.74, 6) is 0. The summed E-state index contributed by atoms with van der Waals surface area (Å²) < 4.78 is 55.7. The van der Waals surface area contributed by atoms with Crippen LogP contribution in [0.5, 0.6) is 0 Å². The molecule has 84 valence electrons. The Bertz CT molecular complexity index is 684. The molecule has 15 heavy (non-hydrogen) atoms. The van der Waals surface area contributed by atoms with E-state index in [9.17, 15) is 19.0 Å². The molecule has 0 aliphatic carbocycles. The summed E-state index contributed by atoms with van der Waals surface area (Å²) in [6.07, 6.45) is 0. The van der Waals surface area contributed by atoms with Crippen molar-refractivity contribution in [2.75, 3.05) is 0 Å². The molecular weight excluding hydrogens is 400 g/mol. The van der Waals surface area contributed by atoms with Crippen molar-refractivity contribution in [1.29, 1.82) is 0 Å². The van der Waals surface area contributed by atoms with Gasteiger partial charge in [0.15, 0.2) is 0 Å². The maximum absolute atomic E-state index is 11.2. The van der Waals surface area contributed by atoms with Gasteiger partial charge in [-0.3, -0.25) is 0 Å². The van der Waals surface area contributed by atoms with Gasteiger partial charge in [0.2, 0.25) is 0 Å². The van der Waals surface area contributed by atoms with Crippen molar-refractivity contribution in [2.45, 2.75) is 11.8 Å². The van der Waals surface area contributed by atoms with Gasteiger partial charge in [-0.1, -0.05) is 0 Å². The Morgan fingerprint density at radius 2 is 1.53 bits per heavy atom. The predicted molar refractivity (Wildman–Crippen MR) is 42.9 cm³/mol. The molecular formula is C7H7NO5OsS. The second-order valence-electron chi connectivity index (χ2n) is 2.72. The Kier molecular flexibility index (Phi) is 3.12. The van der Waals surface area contributed by atoms with Gasteiger partial charge in [-0.25, -0.2) is 0 Å². The van der Waals surface area contributed by atoms with Crippen LogP contribution in [0.3, 0.4) is 0 Å². The Morgan fingerprint density at radius 3 is 1.93 bits per heavy atom. The molecule has 0 aliphatic rings. The quantitative estimate of drug-likeness (QED) is 0.730. The Hall–Kier alpha value is -0.994. The van der Waals surface area contributed by atoms with E-state index < -0.39 is 24.7 Å². The van der Waals surface area contributed by atoms with Gasteiger partial charge in [0.1, 0.15) is 0 Å². The molecule has 0 unspecified atom stereocenters. The van der Waals surface area contributed by atoms with E-state index in [4.69, 9.17) is 0 Å². The van der Waals surface area contributed by atoms with Gasteiger partial charge in [0.25, 0.3) is 0 Å². The average molecular weight is 407 g/mol. The third kappa shape index (κ3) is 3.57. The second kappa shape index (κ2) is 3.87. The third-order valence-corrected chi connectivity index (χ3v) is 6.21. The average Bonchev–Trinajstić information content (AvgIpc) is 2.00. The van der Waals surface area contributed by atoms with Crippen LogP contribution in [-0.2, 0) is 35.3 Å². The molecule has 0 saturated carbocycles. The van der Waals surface area contributed by atoms with Crippen molar-refractivity contribution < 1.29 is 33.7 Å². The van der Waals surface area contributed by atoms with Crippen molar-refractivity contribution in [3.63, 3.8) is 0 Å². The number of rotatable bonds is 2. The van der Waals surface area contributed by atoms with Crippen molar-refractivity contribution in [3.05, 3.63) is 29.8 Å². The summed E-state index contributed by atoms with van der Waals surface area (Å²) in [5.41, 5.74) is 0.814. The molecule has 0 spiro atoms. The van der Waals surface area contributed by atoms with Crippen LogP contribution in [0.1, 0.15) is 5.56 Å². The fraction of sp³-hybridized carbons (Fsp3) is 0.143. The van der Waals surface area contributed by atoms with Gasteiger partial charge in [-0.2, -0.15) is 0 Å². The van der Waals surface area contributed by atoms with Gasteiger partial charge in [0, 0.05) is 0 Å². The van der Waals surface area contributed by atoms with Gasteiger partial charge < -0.3 is 0 Å². The zero-order chi connectivity index (χ0) is 11.7. The first-order chi connectivity index (χ1) is 6.71. The molecule has 0 fully saturated rings. The zero-order valence-corrected chi connectivity index (χ0v) is 10.9. The number of hydrogen-bond donors (Lipinski definition) is 0. The molecule has 1 rings (SSSR count). The summed E-state index contributed by atoms with van der Waals surface area (Å²) in [6, 6.07) is 5.36. The van der Waals surface area contributed by atoms with Crippen molar-refractivity contribution >= 4 is 10.0 Å². The first kappa shape index (κ1) is 12.1. The first-order valence-corrected chi connectivity index (χ1v) is 9.32. The molecule has 0 radical (unpaired) electrons. The fourth-order valence-corrected chi connectivity index (χ4v) is 4.66. The van der Waals surface area contributed by atoms with Gasteiger partial charge in [-0.05, 0) is 0 Å². The van der Waals surface area contributed by atoms with Crippen LogP contribution in [0, 0.1) is 6.92 Å². The molecule has 0 bridgehead atoms. The van der Waals surface area contributed by atoms with Crippen LogP contribution in [0.2, 0.25) is 0 Å². The topological polar surface area (TPSA) is 97.7 Å². The standard InChI is InChI=1S/C7H7NO2S.3O.Os/c1-6-2-4-7(5-3-6)11(8,9)10;;;;/h2-5H,1H3;;;;. The van der Waals surface area contributed by atoms with E-state index in [1.807, 2.05) is 0 Å². The molecule has 0 N–H and O–H groups in total. The van der Waals surface area contributed by atoms with Crippen molar-refractivity contribution in [2.24, 2.45) is 3.05 Å². The zero-order valence-electron chi connectivity index (χ0n) is 7.56. The van der Waals surface area contributed by atoms with Crippen molar-refractivity contribution in [1.82, 2.24) is 0 Å². The van der Waals surface area contributed by atoms with E-state index in [0.29, 0.717) is 0 Å². The Labute approximate surface area is 88.5 Å². The second-order valence-corrected chi connectivity index (χ2v) is 8.33. The van der Waals surface area contributed by atoms with Gasteiger partial charge in [-0.15, -0.1) is 0 Å². The number of sulfonamides is 1. The summed E-state index contributed by atoms with van der Waals surface area (Å²) in [7, 11) is -4.36. The number of nitrogens with zero attached hydrogens (tertiary/aromatic N) is 1.